The van der Waals surface area contributed by atoms with E-state index in [0.29, 0.717) is 32.9 Å². The number of aliphatic carboxylic acids is 1. The summed E-state index contributed by atoms with van der Waals surface area (Å²) in [6.45, 7) is 2.63. The second kappa shape index (κ2) is 4.76. The van der Waals surface area contributed by atoms with E-state index in [4.69, 9.17) is 14.6 Å². The van der Waals surface area contributed by atoms with Crippen LogP contribution in [0.1, 0.15) is 19.3 Å². The number of piperidine rings is 1. The standard InChI is InChI=1S/C13H19NO5/c15-11(10-8-18-5-6-19-10)14-3-1-13(2-4-14)7-9(13)12(16)17/h9-10H,1-8H2,(H,16,17)/t9-,10-/m1/s1. The van der Waals surface area contributed by atoms with Crippen molar-refractivity contribution >= 4 is 11.9 Å². The highest BCUT2D eigenvalue weighted by Crippen LogP contribution is 2.59. The topological polar surface area (TPSA) is 76.1 Å². The number of carbonyl (C=O) groups is 2. The lowest BCUT2D eigenvalue weighted by Crippen LogP contribution is -2.48. The second-order valence-electron chi connectivity index (χ2n) is 5.72. The van der Waals surface area contributed by atoms with Crippen molar-refractivity contribution in [2.75, 3.05) is 32.9 Å². The van der Waals surface area contributed by atoms with Gasteiger partial charge in [0.15, 0.2) is 6.10 Å². The van der Waals surface area contributed by atoms with E-state index < -0.39 is 12.1 Å². The van der Waals surface area contributed by atoms with Crippen LogP contribution >= 0.6 is 0 Å². The fourth-order valence-corrected chi connectivity index (χ4v) is 3.26. The largest absolute Gasteiger partial charge is 0.481 e. The molecule has 0 unspecified atom stereocenters. The van der Waals surface area contributed by atoms with E-state index in [0.717, 1.165) is 19.3 Å². The number of carboxylic acids is 1. The molecule has 0 aromatic heterocycles. The lowest BCUT2D eigenvalue weighted by Gasteiger charge is -2.35. The normalized spacial score (nSPS) is 33.2. The summed E-state index contributed by atoms with van der Waals surface area (Å²) >= 11 is 0. The number of ether oxygens (including phenoxy) is 2. The lowest BCUT2D eigenvalue weighted by molar-refractivity contribution is -0.159. The first-order valence-electron chi connectivity index (χ1n) is 6.83. The van der Waals surface area contributed by atoms with Gasteiger partial charge in [0, 0.05) is 13.1 Å². The molecule has 2 atom stereocenters. The summed E-state index contributed by atoms with van der Waals surface area (Å²) in [5, 5.41) is 9.03. The number of hydrogen-bond donors (Lipinski definition) is 1. The molecule has 19 heavy (non-hydrogen) atoms. The van der Waals surface area contributed by atoms with Gasteiger partial charge in [-0.2, -0.15) is 0 Å². The van der Waals surface area contributed by atoms with Crippen LogP contribution < -0.4 is 0 Å². The van der Waals surface area contributed by atoms with Crippen LogP contribution in [0.3, 0.4) is 0 Å². The van der Waals surface area contributed by atoms with Crippen molar-refractivity contribution in [1.29, 1.82) is 0 Å². The van der Waals surface area contributed by atoms with Crippen LogP contribution in [0.5, 0.6) is 0 Å². The predicted octanol–water partition coefficient (Wildman–Crippen LogP) is 0.115. The molecule has 1 amide bonds. The maximum Gasteiger partial charge on any atom is 0.307 e. The maximum atomic E-state index is 12.2. The third-order valence-electron chi connectivity index (χ3n) is 4.65. The number of carboxylic acid groups (broad SMARTS) is 1. The first kappa shape index (κ1) is 12.9. The van der Waals surface area contributed by atoms with E-state index in [9.17, 15) is 9.59 Å². The van der Waals surface area contributed by atoms with Crippen LogP contribution in [0.15, 0.2) is 0 Å². The summed E-state index contributed by atoms with van der Waals surface area (Å²) in [6, 6.07) is 0. The van der Waals surface area contributed by atoms with Crippen LogP contribution in [0.4, 0.5) is 0 Å². The summed E-state index contributed by atoms with van der Waals surface area (Å²) in [6.07, 6.45) is 1.89. The Hall–Kier alpha value is -1.14. The first-order valence-corrected chi connectivity index (χ1v) is 6.83. The van der Waals surface area contributed by atoms with Crippen LogP contribution in [0.25, 0.3) is 0 Å². The molecule has 1 aliphatic carbocycles. The zero-order valence-electron chi connectivity index (χ0n) is 10.8. The van der Waals surface area contributed by atoms with Crippen LogP contribution in [0, 0.1) is 11.3 Å². The molecule has 1 N–H and O–H groups in total. The molecule has 0 bridgehead atoms. The minimum Gasteiger partial charge on any atom is -0.481 e. The maximum absolute atomic E-state index is 12.2. The molecule has 106 valence electrons. The molecule has 0 aromatic carbocycles. The van der Waals surface area contributed by atoms with Gasteiger partial charge in [-0.1, -0.05) is 0 Å². The molecule has 1 saturated carbocycles. The number of nitrogens with zero attached hydrogens (tertiary/aromatic N) is 1. The Morgan fingerprint density at radius 3 is 2.47 bits per heavy atom. The summed E-state index contributed by atoms with van der Waals surface area (Å²) in [4.78, 5) is 25.0. The zero-order chi connectivity index (χ0) is 13.5. The molecule has 0 aromatic rings. The van der Waals surface area contributed by atoms with Crippen molar-refractivity contribution in [1.82, 2.24) is 4.90 Å². The molecular formula is C13H19NO5. The van der Waals surface area contributed by atoms with Gasteiger partial charge in [-0.3, -0.25) is 9.59 Å². The smallest absolute Gasteiger partial charge is 0.307 e. The molecule has 2 heterocycles. The van der Waals surface area contributed by atoms with E-state index >= 15 is 0 Å². The van der Waals surface area contributed by atoms with Gasteiger partial charge in [0.25, 0.3) is 5.91 Å². The first-order chi connectivity index (χ1) is 9.12. The Morgan fingerprint density at radius 1 is 1.21 bits per heavy atom. The van der Waals surface area contributed by atoms with Crippen molar-refractivity contribution in [2.45, 2.75) is 25.4 Å². The molecule has 0 radical (unpaired) electrons. The van der Waals surface area contributed by atoms with Gasteiger partial charge in [0.1, 0.15) is 0 Å². The van der Waals surface area contributed by atoms with Crippen molar-refractivity contribution < 1.29 is 24.2 Å². The second-order valence-corrected chi connectivity index (χ2v) is 5.72. The van der Waals surface area contributed by atoms with Gasteiger partial charge in [0.2, 0.25) is 0 Å². The molecule has 1 spiro atoms. The molecular weight excluding hydrogens is 250 g/mol. The number of amides is 1. The monoisotopic (exact) mass is 269 g/mol. The molecule has 6 nitrogen and oxygen atoms in total. The molecule has 3 fully saturated rings. The van der Waals surface area contributed by atoms with Gasteiger partial charge >= 0.3 is 5.97 Å². The molecule has 3 aliphatic rings. The number of carbonyl (C=O) groups excluding carboxylic acids is 1. The average Bonchev–Trinajstić information content (AvgIpc) is 3.14. The summed E-state index contributed by atoms with van der Waals surface area (Å²) < 4.78 is 10.7. The van der Waals surface area contributed by atoms with Gasteiger partial charge in [-0.25, -0.2) is 0 Å². The quantitative estimate of drug-likeness (QED) is 0.770. The van der Waals surface area contributed by atoms with Crippen LogP contribution in [0.2, 0.25) is 0 Å². The predicted molar refractivity (Wildman–Crippen MR) is 64.5 cm³/mol. The van der Waals surface area contributed by atoms with Gasteiger partial charge < -0.3 is 19.5 Å². The van der Waals surface area contributed by atoms with Crippen molar-refractivity contribution in [3.8, 4) is 0 Å². The summed E-state index contributed by atoms with van der Waals surface area (Å²) in [5.74, 6) is -0.898. The molecule has 6 heteroatoms. The molecule has 2 saturated heterocycles. The highest BCUT2D eigenvalue weighted by molar-refractivity contribution is 5.81. The zero-order valence-corrected chi connectivity index (χ0v) is 10.8. The highest BCUT2D eigenvalue weighted by atomic mass is 16.6. The van der Waals surface area contributed by atoms with Crippen molar-refractivity contribution in [3.05, 3.63) is 0 Å². The van der Waals surface area contributed by atoms with Crippen molar-refractivity contribution in [3.63, 3.8) is 0 Å². The molecule has 2 aliphatic heterocycles. The SMILES string of the molecule is O=C(O)[C@H]1CC12CCN(C(=O)[C@H]1COCCO1)CC2. The number of hydrogen-bond acceptors (Lipinski definition) is 4. The van der Waals surface area contributed by atoms with Crippen LogP contribution in [-0.4, -0.2) is 60.9 Å². The van der Waals surface area contributed by atoms with Crippen LogP contribution in [-0.2, 0) is 19.1 Å². The van der Waals surface area contributed by atoms with E-state index in [1.54, 1.807) is 4.90 Å². The van der Waals surface area contributed by atoms with Gasteiger partial charge in [0.05, 0.1) is 25.7 Å². The third kappa shape index (κ3) is 2.34. The van der Waals surface area contributed by atoms with E-state index in [1.165, 1.54) is 0 Å². The molecule has 3 rings (SSSR count). The van der Waals surface area contributed by atoms with Gasteiger partial charge in [-0.05, 0) is 24.7 Å². The average molecular weight is 269 g/mol. The van der Waals surface area contributed by atoms with E-state index in [-0.39, 0.29) is 17.2 Å². The summed E-state index contributed by atoms with van der Waals surface area (Å²) in [5.41, 5.74) is -0.0352. The Bertz CT molecular complexity index is 382. The Morgan fingerprint density at radius 2 is 1.95 bits per heavy atom. The lowest BCUT2D eigenvalue weighted by atomic mass is 9.90. The summed E-state index contributed by atoms with van der Waals surface area (Å²) in [7, 11) is 0. The van der Waals surface area contributed by atoms with E-state index in [1.807, 2.05) is 0 Å². The number of likely N-dealkylation sites (tertiary alicyclic amines) is 1. The Balaban J connectivity index is 1.53. The fourth-order valence-electron chi connectivity index (χ4n) is 3.26. The Labute approximate surface area is 111 Å². The van der Waals surface area contributed by atoms with Crippen molar-refractivity contribution in [2.24, 2.45) is 11.3 Å². The third-order valence-corrected chi connectivity index (χ3v) is 4.65. The fraction of sp³-hybridized carbons (Fsp3) is 0.846. The van der Waals surface area contributed by atoms with E-state index in [2.05, 4.69) is 0 Å². The highest BCUT2D eigenvalue weighted by Gasteiger charge is 2.59. The minimum atomic E-state index is -0.691. The Kier molecular flexibility index (Phi) is 3.22. The number of rotatable bonds is 2. The minimum absolute atomic E-state index is 0.0120. The van der Waals surface area contributed by atoms with Gasteiger partial charge in [-0.15, -0.1) is 0 Å².